The number of nitrogens with one attached hydrogen (secondary N) is 1. The molecule has 0 spiro atoms. The van der Waals surface area contributed by atoms with Crippen molar-refractivity contribution in [1.29, 1.82) is 0 Å². The van der Waals surface area contributed by atoms with Crippen LogP contribution < -0.4 is 5.73 Å². The summed E-state index contributed by atoms with van der Waals surface area (Å²) in [6.07, 6.45) is 1.47. The Morgan fingerprint density at radius 3 is 3.00 bits per heavy atom. The summed E-state index contributed by atoms with van der Waals surface area (Å²) in [5, 5.41) is 6.78. The van der Waals surface area contributed by atoms with Crippen LogP contribution in [0.5, 0.6) is 0 Å². The molecule has 0 aliphatic rings. The summed E-state index contributed by atoms with van der Waals surface area (Å²) in [6.45, 7) is 0.572. The van der Waals surface area contributed by atoms with E-state index in [2.05, 4.69) is 14.9 Å². The second kappa shape index (κ2) is 4.97. The summed E-state index contributed by atoms with van der Waals surface area (Å²) < 4.78 is 4.50. The Kier molecular flexibility index (Phi) is 3.91. The van der Waals surface area contributed by atoms with Crippen molar-refractivity contribution in [1.82, 2.24) is 10.2 Å². The van der Waals surface area contributed by atoms with Crippen molar-refractivity contribution in [2.75, 3.05) is 13.7 Å². The second-order valence-electron chi connectivity index (χ2n) is 2.75. The minimum Gasteiger partial charge on any atom is -0.464 e. The molecule has 0 saturated heterocycles. The van der Waals surface area contributed by atoms with Gasteiger partial charge in [0, 0.05) is 0 Å². The summed E-state index contributed by atoms with van der Waals surface area (Å²) in [5.41, 5.74) is 6.20. The Morgan fingerprint density at radius 2 is 2.43 bits per heavy atom. The Labute approximate surface area is 86.6 Å². The molecule has 14 heavy (non-hydrogen) atoms. The first-order valence-electron chi connectivity index (χ1n) is 4.21. The predicted molar refractivity (Wildman–Crippen MR) is 52.3 cm³/mol. The molecule has 0 aliphatic carbocycles. The van der Waals surface area contributed by atoms with Crippen LogP contribution in [0, 0.1) is 0 Å². The Morgan fingerprint density at radius 1 is 1.71 bits per heavy atom. The highest BCUT2D eigenvalue weighted by Gasteiger charge is 2.17. The molecule has 0 atom stereocenters. The number of H-pyrrole nitrogens is 1. The van der Waals surface area contributed by atoms with Crippen molar-refractivity contribution in [2.45, 2.75) is 12.8 Å². The molecule has 3 N–H and O–H groups in total. The predicted octanol–water partition coefficient (Wildman–Crippen LogP) is 0.741. The quantitative estimate of drug-likeness (QED) is 0.729. The fourth-order valence-corrected chi connectivity index (χ4v) is 1.30. The normalized spacial score (nSPS) is 10.2. The van der Waals surface area contributed by atoms with Gasteiger partial charge >= 0.3 is 5.97 Å². The molecular weight excluding hydrogens is 206 g/mol. The molecule has 6 heteroatoms. The van der Waals surface area contributed by atoms with E-state index in [4.69, 9.17) is 17.3 Å². The van der Waals surface area contributed by atoms with Gasteiger partial charge in [-0.2, -0.15) is 5.10 Å². The number of esters is 1. The van der Waals surface area contributed by atoms with Crippen LogP contribution in [-0.4, -0.2) is 29.8 Å². The number of rotatable bonds is 4. The first-order valence-corrected chi connectivity index (χ1v) is 4.59. The molecule has 1 rings (SSSR count). The second-order valence-corrected chi connectivity index (χ2v) is 3.13. The lowest BCUT2D eigenvalue weighted by Gasteiger charge is -1.96. The van der Waals surface area contributed by atoms with E-state index < -0.39 is 5.97 Å². The number of carbonyl (C=O) groups excluding carboxylic acids is 1. The van der Waals surface area contributed by atoms with Crippen LogP contribution >= 0.6 is 11.6 Å². The zero-order chi connectivity index (χ0) is 10.6. The summed E-state index contributed by atoms with van der Waals surface area (Å²) in [4.78, 5) is 11.1. The number of carbonyl (C=O) groups is 1. The standard InChI is InChI=1S/C8H12ClN3O2/c1-14-8(13)7-6(9)5(11-12-7)3-2-4-10/h2-4,10H2,1H3,(H,11,12). The average Bonchev–Trinajstić information content (AvgIpc) is 2.56. The lowest BCUT2D eigenvalue weighted by Crippen LogP contribution is -2.02. The smallest absolute Gasteiger partial charge is 0.360 e. The maximum Gasteiger partial charge on any atom is 0.360 e. The SMILES string of the molecule is COC(=O)c1n[nH]c(CCCN)c1Cl. The number of nitrogens with zero attached hydrogens (tertiary/aromatic N) is 1. The largest absolute Gasteiger partial charge is 0.464 e. The van der Waals surface area contributed by atoms with Gasteiger partial charge < -0.3 is 10.5 Å². The van der Waals surface area contributed by atoms with Crippen LogP contribution in [0.15, 0.2) is 0 Å². The van der Waals surface area contributed by atoms with E-state index in [1.54, 1.807) is 0 Å². The van der Waals surface area contributed by atoms with Crippen LogP contribution in [0.3, 0.4) is 0 Å². The monoisotopic (exact) mass is 217 g/mol. The number of hydrogen-bond acceptors (Lipinski definition) is 4. The summed E-state index contributed by atoms with van der Waals surface area (Å²) >= 11 is 5.90. The van der Waals surface area contributed by atoms with Crippen LogP contribution in [0.25, 0.3) is 0 Å². The average molecular weight is 218 g/mol. The van der Waals surface area contributed by atoms with E-state index in [0.29, 0.717) is 18.0 Å². The topological polar surface area (TPSA) is 81.0 Å². The zero-order valence-corrected chi connectivity index (χ0v) is 8.60. The van der Waals surface area contributed by atoms with Crippen molar-refractivity contribution >= 4 is 17.6 Å². The lowest BCUT2D eigenvalue weighted by atomic mass is 10.2. The van der Waals surface area contributed by atoms with Crippen molar-refractivity contribution in [3.63, 3.8) is 0 Å². The highest BCUT2D eigenvalue weighted by atomic mass is 35.5. The number of methoxy groups -OCH3 is 1. The Balaban J connectivity index is 2.80. The fourth-order valence-electron chi connectivity index (χ4n) is 1.04. The van der Waals surface area contributed by atoms with Gasteiger partial charge in [-0.15, -0.1) is 0 Å². The van der Waals surface area contributed by atoms with Gasteiger partial charge in [0.15, 0.2) is 5.69 Å². The minimum atomic E-state index is -0.537. The molecule has 1 aromatic rings. The third-order valence-corrected chi connectivity index (χ3v) is 2.19. The maximum absolute atomic E-state index is 11.1. The van der Waals surface area contributed by atoms with Crippen molar-refractivity contribution in [2.24, 2.45) is 5.73 Å². The minimum absolute atomic E-state index is 0.126. The number of hydrogen-bond donors (Lipinski definition) is 2. The number of aromatic nitrogens is 2. The first kappa shape index (κ1) is 11.0. The number of nitrogens with two attached hydrogens (primary N) is 1. The van der Waals surface area contributed by atoms with E-state index in [0.717, 1.165) is 12.1 Å². The van der Waals surface area contributed by atoms with Crippen molar-refractivity contribution in [3.05, 3.63) is 16.4 Å². The molecular formula is C8H12ClN3O2. The number of ether oxygens (including phenoxy) is 1. The van der Waals surface area contributed by atoms with Gasteiger partial charge in [0.05, 0.1) is 17.8 Å². The molecule has 0 aliphatic heterocycles. The summed E-state index contributed by atoms with van der Waals surface area (Å²) in [6, 6.07) is 0. The Hall–Kier alpha value is -1.07. The van der Waals surface area contributed by atoms with Gasteiger partial charge in [0.25, 0.3) is 0 Å². The van der Waals surface area contributed by atoms with Crippen LogP contribution in [0.1, 0.15) is 22.6 Å². The van der Waals surface area contributed by atoms with Crippen molar-refractivity contribution in [3.8, 4) is 0 Å². The van der Waals surface area contributed by atoms with E-state index in [1.165, 1.54) is 7.11 Å². The van der Waals surface area contributed by atoms with Crippen molar-refractivity contribution < 1.29 is 9.53 Å². The van der Waals surface area contributed by atoms with E-state index in [9.17, 15) is 4.79 Å². The fraction of sp³-hybridized carbons (Fsp3) is 0.500. The van der Waals surface area contributed by atoms with Gasteiger partial charge in [-0.25, -0.2) is 4.79 Å². The molecule has 0 radical (unpaired) electrons. The molecule has 0 aromatic carbocycles. The van der Waals surface area contributed by atoms with E-state index in [-0.39, 0.29) is 5.69 Å². The highest BCUT2D eigenvalue weighted by Crippen LogP contribution is 2.19. The molecule has 0 unspecified atom stereocenters. The first-order chi connectivity index (χ1) is 6.70. The highest BCUT2D eigenvalue weighted by molar-refractivity contribution is 6.33. The molecule has 0 fully saturated rings. The Bertz CT molecular complexity index is 324. The van der Waals surface area contributed by atoms with E-state index >= 15 is 0 Å². The molecule has 78 valence electrons. The number of halogens is 1. The lowest BCUT2D eigenvalue weighted by molar-refractivity contribution is 0.0594. The molecule has 1 aromatic heterocycles. The molecule has 1 heterocycles. The number of aromatic amines is 1. The molecule has 0 amide bonds. The van der Waals surface area contributed by atoms with Gasteiger partial charge in [0.1, 0.15) is 0 Å². The zero-order valence-electron chi connectivity index (χ0n) is 7.84. The molecule has 0 bridgehead atoms. The third-order valence-electron chi connectivity index (χ3n) is 1.79. The number of aryl methyl sites for hydroxylation is 1. The van der Waals surface area contributed by atoms with Gasteiger partial charge in [-0.05, 0) is 19.4 Å². The third kappa shape index (κ3) is 2.24. The molecule has 0 saturated carbocycles. The van der Waals surface area contributed by atoms with Crippen LogP contribution in [-0.2, 0) is 11.2 Å². The summed E-state index contributed by atoms with van der Waals surface area (Å²) in [5.74, 6) is -0.537. The molecule has 5 nitrogen and oxygen atoms in total. The van der Waals surface area contributed by atoms with E-state index in [1.807, 2.05) is 0 Å². The van der Waals surface area contributed by atoms with Crippen LogP contribution in [0.2, 0.25) is 5.02 Å². The van der Waals surface area contributed by atoms with Gasteiger partial charge in [-0.1, -0.05) is 11.6 Å². The summed E-state index contributed by atoms with van der Waals surface area (Å²) in [7, 11) is 1.28. The van der Waals surface area contributed by atoms with Crippen LogP contribution in [0.4, 0.5) is 0 Å². The van der Waals surface area contributed by atoms with Gasteiger partial charge in [0.2, 0.25) is 0 Å². The van der Waals surface area contributed by atoms with Gasteiger partial charge in [-0.3, -0.25) is 5.10 Å². The maximum atomic E-state index is 11.1.